The molecular formula is C23H21F2N3O5S2. The third-order valence-electron chi connectivity index (χ3n) is 6.08. The Hall–Kier alpha value is -2.93. The molecule has 0 bridgehead atoms. The summed E-state index contributed by atoms with van der Waals surface area (Å²) in [5.41, 5.74) is 3.01. The Balaban J connectivity index is 1.20. The van der Waals surface area contributed by atoms with Crippen LogP contribution in [0.4, 0.5) is 8.78 Å². The first-order valence-corrected chi connectivity index (χ1v) is 13.0. The van der Waals surface area contributed by atoms with Crippen LogP contribution in [0.5, 0.6) is 5.75 Å². The highest BCUT2D eigenvalue weighted by atomic mass is 32.2. The van der Waals surface area contributed by atoms with Crippen molar-refractivity contribution < 1.29 is 31.8 Å². The summed E-state index contributed by atoms with van der Waals surface area (Å²) in [7, 11) is -3.77. The lowest BCUT2D eigenvalue weighted by atomic mass is 9.95. The minimum atomic E-state index is -3.77. The summed E-state index contributed by atoms with van der Waals surface area (Å²) in [6.07, 6.45) is -1.32. The predicted octanol–water partition coefficient (Wildman–Crippen LogP) is 3.08. The Labute approximate surface area is 204 Å². The lowest BCUT2D eigenvalue weighted by Gasteiger charge is -2.42. The number of carbonyl (C=O) groups is 1. The molecule has 1 atom stereocenters. The zero-order valence-electron chi connectivity index (χ0n) is 18.5. The number of thiazole rings is 1. The Bertz CT molecular complexity index is 1420. The second-order valence-corrected chi connectivity index (χ2v) is 11.5. The molecule has 35 heavy (non-hydrogen) atoms. The van der Waals surface area contributed by atoms with E-state index in [0.29, 0.717) is 24.2 Å². The first kappa shape index (κ1) is 23.8. The number of sulfonamides is 1. The van der Waals surface area contributed by atoms with E-state index in [-0.39, 0.29) is 23.7 Å². The average molecular weight is 522 g/mol. The van der Waals surface area contributed by atoms with E-state index in [1.165, 1.54) is 44.8 Å². The third kappa shape index (κ3) is 4.42. The summed E-state index contributed by atoms with van der Waals surface area (Å²) in [5, 5.41) is 11.5. The van der Waals surface area contributed by atoms with E-state index in [1.807, 2.05) is 13.0 Å². The number of aliphatic hydroxyl groups is 1. The van der Waals surface area contributed by atoms with Gasteiger partial charge in [0.2, 0.25) is 10.0 Å². The smallest absolute Gasteiger partial charge is 0.387 e. The SMILES string of the molecule is Cc1nc2c(C(O)C(=O)N3CC(=C4CN(S(=O)(=O)c5ccc(OC(F)F)cc5)C4)C3)cccc2s1. The van der Waals surface area contributed by atoms with Gasteiger partial charge in [-0.05, 0) is 48.4 Å². The first-order chi connectivity index (χ1) is 16.6. The van der Waals surface area contributed by atoms with Gasteiger partial charge in [-0.1, -0.05) is 12.1 Å². The van der Waals surface area contributed by atoms with Gasteiger partial charge in [0.1, 0.15) is 5.75 Å². The molecule has 184 valence electrons. The summed E-state index contributed by atoms with van der Waals surface area (Å²) in [6, 6.07) is 10.2. The molecule has 1 unspecified atom stereocenters. The van der Waals surface area contributed by atoms with Crippen LogP contribution in [0.2, 0.25) is 0 Å². The maximum Gasteiger partial charge on any atom is 0.387 e. The van der Waals surface area contributed by atoms with Crippen molar-refractivity contribution in [3.05, 3.63) is 64.2 Å². The Kier molecular flexibility index (Phi) is 6.08. The number of hydrogen-bond donors (Lipinski definition) is 1. The van der Waals surface area contributed by atoms with Crippen LogP contribution >= 0.6 is 11.3 Å². The monoisotopic (exact) mass is 521 g/mol. The van der Waals surface area contributed by atoms with Gasteiger partial charge >= 0.3 is 6.61 Å². The van der Waals surface area contributed by atoms with Crippen LogP contribution in [-0.2, 0) is 14.8 Å². The molecule has 1 N–H and O–H groups in total. The number of aliphatic hydroxyl groups excluding tert-OH is 1. The number of nitrogens with zero attached hydrogens (tertiary/aromatic N) is 3. The van der Waals surface area contributed by atoms with Crippen molar-refractivity contribution in [1.82, 2.24) is 14.2 Å². The Morgan fingerprint density at radius 3 is 2.40 bits per heavy atom. The van der Waals surface area contributed by atoms with Crippen molar-refractivity contribution in [3.8, 4) is 5.75 Å². The molecule has 12 heteroatoms. The number of hydrogen-bond acceptors (Lipinski definition) is 7. The van der Waals surface area contributed by atoms with Crippen molar-refractivity contribution in [2.75, 3.05) is 26.2 Å². The Morgan fingerprint density at radius 2 is 1.74 bits per heavy atom. The second kappa shape index (κ2) is 8.94. The van der Waals surface area contributed by atoms with Crippen LogP contribution in [0, 0.1) is 6.92 Å². The zero-order chi connectivity index (χ0) is 24.9. The summed E-state index contributed by atoms with van der Waals surface area (Å²) < 4.78 is 56.5. The molecule has 0 spiro atoms. The van der Waals surface area contributed by atoms with Gasteiger partial charge in [0.25, 0.3) is 5.91 Å². The van der Waals surface area contributed by atoms with Crippen LogP contribution in [0.15, 0.2) is 58.5 Å². The molecule has 8 nitrogen and oxygen atoms in total. The molecule has 1 amide bonds. The maximum absolute atomic E-state index is 12.8. The molecule has 2 aliphatic heterocycles. The molecule has 2 aliphatic rings. The molecule has 0 radical (unpaired) electrons. The number of aromatic nitrogens is 1. The average Bonchev–Trinajstić information content (AvgIpc) is 3.13. The normalized spacial score (nSPS) is 17.5. The summed E-state index contributed by atoms with van der Waals surface area (Å²) in [4.78, 5) is 18.8. The largest absolute Gasteiger partial charge is 0.435 e. The van der Waals surface area contributed by atoms with Crippen molar-refractivity contribution in [3.63, 3.8) is 0 Å². The van der Waals surface area contributed by atoms with Crippen LogP contribution in [-0.4, -0.2) is 66.4 Å². The topological polar surface area (TPSA) is 100 Å². The molecule has 3 heterocycles. The molecule has 2 saturated heterocycles. The molecule has 5 rings (SSSR count). The number of fused-ring (bicyclic) bond motifs is 1. The Morgan fingerprint density at radius 1 is 1.09 bits per heavy atom. The fourth-order valence-corrected chi connectivity index (χ4v) is 6.41. The molecule has 2 fully saturated rings. The lowest BCUT2D eigenvalue weighted by molar-refractivity contribution is -0.141. The highest BCUT2D eigenvalue weighted by Gasteiger charge is 2.39. The maximum atomic E-state index is 12.8. The molecular weight excluding hydrogens is 500 g/mol. The van der Waals surface area contributed by atoms with E-state index >= 15 is 0 Å². The fourth-order valence-electron chi connectivity index (χ4n) is 4.12. The number of ether oxygens (including phenoxy) is 1. The molecule has 0 aliphatic carbocycles. The highest BCUT2D eigenvalue weighted by molar-refractivity contribution is 7.89. The third-order valence-corrected chi connectivity index (χ3v) is 8.82. The van der Waals surface area contributed by atoms with Crippen molar-refractivity contribution >= 4 is 37.5 Å². The second-order valence-electron chi connectivity index (χ2n) is 8.35. The van der Waals surface area contributed by atoms with Gasteiger partial charge in [-0.15, -0.1) is 11.3 Å². The van der Waals surface area contributed by atoms with E-state index in [9.17, 15) is 27.1 Å². The van der Waals surface area contributed by atoms with Crippen LogP contribution in [0.1, 0.15) is 16.7 Å². The van der Waals surface area contributed by atoms with Gasteiger partial charge in [0, 0.05) is 31.7 Å². The predicted molar refractivity (Wildman–Crippen MR) is 125 cm³/mol. The van der Waals surface area contributed by atoms with Gasteiger partial charge in [0.15, 0.2) is 6.10 Å². The number of rotatable bonds is 6. The van der Waals surface area contributed by atoms with Crippen molar-refractivity contribution in [2.45, 2.75) is 24.5 Å². The number of carbonyl (C=O) groups excluding carboxylic acids is 1. The van der Waals surface area contributed by atoms with E-state index in [0.717, 1.165) is 20.9 Å². The summed E-state index contributed by atoms with van der Waals surface area (Å²) in [6.45, 7) is -0.0305. The standard InChI is InChI=1S/C23H21F2N3O5S2/c1-13-26-20-18(3-2-4-19(20)34-13)21(29)22(30)27-9-14(10-27)15-11-28(12-15)35(31,32)17-7-5-16(6-8-17)33-23(24)25/h2-8,21,23,29H,9-12H2,1H3. The summed E-state index contributed by atoms with van der Waals surface area (Å²) in [5.74, 6) is -0.532. The van der Waals surface area contributed by atoms with Gasteiger partial charge in [-0.2, -0.15) is 13.1 Å². The van der Waals surface area contributed by atoms with Crippen LogP contribution in [0.25, 0.3) is 10.2 Å². The number of benzene rings is 2. The molecule has 2 aromatic carbocycles. The number of amides is 1. The van der Waals surface area contributed by atoms with Crippen molar-refractivity contribution in [1.29, 1.82) is 0 Å². The summed E-state index contributed by atoms with van der Waals surface area (Å²) >= 11 is 1.50. The van der Waals surface area contributed by atoms with E-state index in [1.54, 1.807) is 12.1 Å². The first-order valence-electron chi connectivity index (χ1n) is 10.7. The van der Waals surface area contributed by atoms with E-state index in [2.05, 4.69) is 9.72 Å². The molecule has 1 aromatic heterocycles. The molecule has 0 saturated carbocycles. The van der Waals surface area contributed by atoms with Gasteiger partial charge in [0.05, 0.1) is 20.1 Å². The zero-order valence-corrected chi connectivity index (χ0v) is 20.2. The number of aryl methyl sites for hydroxylation is 1. The van der Waals surface area contributed by atoms with Crippen molar-refractivity contribution in [2.24, 2.45) is 0 Å². The van der Waals surface area contributed by atoms with Crippen LogP contribution < -0.4 is 4.74 Å². The van der Waals surface area contributed by atoms with Gasteiger partial charge in [-0.25, -0.2) is 13.4 Å². The number of para-hydroxylation sites is 1. The minimum Gasteiger partial charge on any atom is -0.435 e. The quantitative estimate of drug-likeness (QED) is 0.501. The van der Waals surface area contributed by atoms with Gasteiger partial charge < -0.3 is 14.7 Å². The number of likely N-dealkylation sites (tertiary alicyclic amines) is 1. The lowest BCUT2D eigenvalue weighted by Crippen LogP contribution is -2.52. The van der Waals surface area contributed by atoms with E-state index in [4.69, 9.17) is 0 Å². The highest BCUT2D eigenvalue weighted by Crippen LogP contribution is 2.33. The van der Waals surface area contributed by atoms with Gasteiger partial charge in [-0.3, -0.25) is 4.79 Å². The molecule has 3 aromatic rings. The van der Waals surface area contributed by atoms with Crippen LogP contribution in [0.3, 0.4) is 0 Å². The number of alkyl halides is 2. The van der Waals surface area contributed by atoms with E-state index < -0.39 is 28.6 Å². The fraction of sp³-hybridized carbons (Fsp3) is 0.304. The number of halogens is 2. The minimum absolute atomic E-state index is 0.0110.